The molecule has 0 bridgehead atoms. The molecule has 0 fully saturated rings. The van der Waals surface area contributed by atoms with E-state index in [-0.39, 0.29) is 5.91 Å². The Bertz CT molecular complexity index is 995. The summed E-state index contributed by atoms with van der Waals surface area (Å²) >= 11 is 0. The van der Waals surface area contributed by atoms with Crippen molar-refractivity contribution in [3.8, 4) is 23.0 Å². The molecular weight excluding hydrogens is 372 g/mol. The van der Waals surface area contributed by atoms with Gasteiger partial charge in [-0.15, -0.1) is 0 Å². The summed E-state index contributed by atoms with van der Waals surface area (Å²) in [6.07, 6.45) is 0. The van der Waals surface area contributed by atoms with Gasteiger partial charge < -0.3 is 28.8 Å². The third-order valence-electron chi connectivity index (χ3n) is 4.67. The van der Waals surface area contributed by atoms with E-state index in [0.29, 0.717) is 41.6 Å². The zero-order valence-electron chi connectivity index (χ0n) is 17.4. The molecule has 0 saturated carbocycles. The molecule has 0 aliphatic heterocycles. The van der Waals surface area contributed by atoms with Crippen molar-refractivity contribution in [2.45, 2.75) is 13.5 Å². The Balaban J connectivity index is 1.88. The van der Waals surface area contributed by atoms with Crippen LogP contribution in [0.4, 0.5) is 0 Å². The minimum atomic E-state index is -0.141. The minimum absolute atomic E-state index is 0.141. The lowest BCUT2D eigenvalue weighted by Gasteiger charge is -2.16. The predicted octanol–water partition coefficient (Wildman–Crippen LogP) is 3.86. The Morgan fingerprint density at radius 1 is 1.00 bits per heavy atom. The number of hydrogen-bond acceptors (Lipinski definition) is 5. The first kappa shape index (κ1) is 20.4. The van der Waals surface area contributed by atoms with Crippen LogP contribution in [0.1, 0.15) is 23.0 Å². The number of nitrogens with one attached hydrogen (secondary N) is 1. The van der Waals surface area contributed by atoms with E-state index in [1.54, 1.807) is 45.4 Å². The second kappa shape index (κ2) is 8.77. The maximum atomic E-state index is 13.0. The monoisotopic (exact) mass is 398 g/mol. The molecule has 2 aromatic carbocycles. The zero-order chi connectivity index (χ0) is 21.0. The highest BCUT2D eigenvalue weighted by Gasteiger charge is 2.21. The Morgan fingerprint density at radius 2 is 1.69 bits per heavy atom. The fraction of sp³-hybridized carbons (Fsp3) is 0.318. The van der Waals surface area contributed by atoms with E-state index in [1.807, 2.05) is 31.2 Å². The molecule has 1 amide bonds. The number of fused-ring (bicyclic) bond motifs is 1. The highest BCUT2D eigenvalue weighted by molar-refractivity contribution is 6.02. The Hall–Kier alpha value is -3.35. The number of rotatable bonds is 8. The molecule has 0 atom stereocenters. The van der Waals surface area contributed by atoms with Crippen molar-refractivity contribution in [1.82, 2.24) is 9.88 Å². The number of carbonyl (C=O) groups excluding carboxylic acids is 1. The molecule has 0 saturated heterocycles. The average molecular weight is 398 g/mol. The molecule has 1 N–H and O–H groups in total. The third-order valence-corrected chi connectivity index (χ3v) is 4.67. The van der Waals surface area contributed by atoms with Crippen LogP contribution in [0, 0.1) is 0 Å². The van der Waals surface area contributed by atoms with Crippen molar-refractivity contribution >= 4 is 16.8 Å². The van der Waals surface area contributed by atoms with Crippen LogP contribution >= 0.6 is 0 Å². The van der Waals surface area contributed by atoms with Gasteiger partial charge in [-0.1, -0.05) is 12.1 Å². The predicted molar refractivity (Wildman–Crippen MR) is 111 cm³/mol. The number of ether oxygens (including phenoxy) is 4. The number of H-pyrrole nitrogens is 1. The second-order valence-electron chi connectivity index (χ2n) is 6.52. The number of benzene rings is 2. The fourth-order valence-corrected chi connectivity index (χ4v) is 3.26. The molecule has 29 heavy (non-hydrogen) atoms. The molecule has 3 aromatic rings. The van der Waals surface area contributed by atoms with Gasteiger partial charge in [0.2, 0.25) is 0 Å². The number of hydrogen-bond donors (Lipinski definition) is 1. The van der Waals surface area contributed by atoms with Gasteiger partial charge in [0.1, 0.15) is 17.2 Å². The standard InChI is InChI=1S/C22H26N2O5/c1-6-29-15-9-7-14(8-10-15)13-24(2)22(25)17-11-16-18(26-3)12-19(27-4)21(28-5)20(16)23-17/h7-12,23H,6,13H2,1-5H3. The molecule has 0 aliphatic rings. The average Bonchev–Trinajstić information content (AvgIpc) is 3.18. The van der Waals surface area contributed by atoms with E-state index in [4.69, 9.17) is 18.9 Å². The third kappa shape index (κ3) is 4.08. The summed E-state index contributed by atoms with van der Waals surface area (Å²) in [6, 6.07) is 11.2. The molecule has 0 spiro atoms. The van der Waals surface area contributed by atoms with Gasteiger partial charge >= 0.3 is 0 Å². The number of methoxy groups -OCH3 is 3. The molecule has 7 nitrogen and oxygen atoms in total. The van der Waals surface area contributed by atoms with Crippen LogP contribution < -0.4 is 18.9 Å². The van der Waals surface area contributed by atoms with E-state index in [2.05, 4.69) is 4.98 Å². The molecule has 1 heterocycles. The number of aromatic nitrogens is 1. The number of amides is 1. The van der Waals surface area contributed by atoms with Crippen LogP contribution in [0.3, 0.4) is 0 Å². The number of nitrogens with zero attached hydrogens (tertiary/aromatic N) is 1. The van der Waals surface area contributed by atoms with Gasteiger partial charge in [-0.2, -0.15) is 0 Å². The van der Waals surface area contributed by atoms with Crippen LogP contribution in [-0.4, -0.2) is 50.8 Å². The summed E-state index contributed by atoms with van der Waals surface area (Å²) in [6.45, 7) is 3.04. The minimum Gasteiger partial charge on any atom is -0.496 e. The highest BCUT2D eigenvalue weighted by Crippen LogP contribution is 2.41. The van der Waals surface area contributed by atoms with E-state index in [1.165, 1.54) is 0 Å². The van der Waals surface area contributed by atoms with Crippen molar-refractivity contribution in [2.24, 2.45) is 0 Å². The van der Waals surface area contributed by atoms with Crippen LogP contribution in [0.15, 0.2) is 36.4 Å². The molecule has 0 radical (unpaired) electrons. The van der Waals surface area contributed by atoms with E-state index >= 15 is 0 Å². The van der Waals surface area contributed by atoms with E-state index < -0.39 is 0 Å². The van der Waals surface area contributed by atoms with E-state index in [9.17, 15) is 4.79 Å². The maximum Gasteiger partial charge on any atom is 0.270 e. The molecule has 1 aromatic heterocycles. The summed E-state index contributed by atoms with van der Waals surface area (Å²) < 4.78 is 21.8. The zero-order valence-corrected chi connectivity index (χ0v) is 17.4. The summed E-state index contributed by atoms with van der Waals surface area (Å²) in [5.74, 6) is 2.33. The second-order valence-corrected chi connectivity index (χ2v) is 6.52. The fourth-order valence-electron chi connectivity index (χ4n) is 3.26. The first-order chi connectivity index (χ1) is 14.0. The van der Waals surface area contributed by atoms with Crippen LogP contribution in [0.2, 0.25) is 0 Å². The first-order valence-corrected chi connectivity index (χ1v) is 9.31. The van der Waals surface area contributed by atoms with Gasteiger partial charge in [0.25, 0.3) is 5.91 Å². The summed E-state index contributed by atoms with van der Waals surface area (Å²) in [4.78, 5) is 17.8. The number of aromatic amines is 1. The van der Waals surface area contributed by atoms with Crippen molar-refractivity contribution in [2.75, 3.05) is 35.0 Å². The van der Waals surface area contributed by atoms with Gasteiger partial charge in [0.05, 0.1) is 33.5 Å². The largest absolute Gasteiger partial charge is 0.496 e. The van der Waals surface area contributed by atoms with Gasteiger partial charge in [-0.3, -0.25) is 4.79 Å². The molecule has 0 aliphatic carbocycles. The van der Waals surface area contributed by atoms with Gasteiger partial charge in [0.15, 0.2) is 11.5 Å². The van der Waals surface area contributed by atoms with Crippen molar-refractivity contribution in [1.29, 1.82) is 0 Å². The highest BCUT2D eigenvalue weighted by atomic mass is 16.5. The maximum absolute atomic E-state index is 13.0. The van der Waals surface area contributed by atoms with Gasteiger partial charge in [0, 0.05) is 25.0 Å². The SMILES string of the molecule is CCOc1ccc(CN(C)C(=O)c2cc3c(OC)cc(OC)c(OC)c3[nH]2)cc1. The lowest BCUT2D eigenvalue weighted by atomic mass is 10.2. The Kier molecular flexibility index (Phi) is 6.16. The van der Waals surface area contributed by atoms with Crippen molar-refractivity contribution in [3.05, 3.63) is 47.7 Å². The smallest absolute Gasteiger partial charge is 0.270 e. The van der Waals surface area contributed by atoms with E-state index in [0.717, 1.165) is 16.7 Å². The molecule has 0 unspecified atom stereocenters. The molecule has 154 valence electrons. The topological polar surface area (TPSA) is 73.0 Å². The normalized spacial score (nSPS) is 10.7. The Morgan fingerprint density at radius 3 is 2.28 bits per heavy atom. The summed E-state index contributed by atoms with van der Waals surface area (Å²) in [5.41, 5.74) is 2.11. The van der Waals surface area contributed by atoms with Crippen LogP contribution in [-0.2, 0) is 6.54 Å². The van der Waals surface area contributed by atoms with Crippen molar-refractivity contribution < 1.29 is 23.7 Å². The van der Waals surface area contributed by atoms with Gasteiger partial charge in [-0.05, 0) is 30.7 Å². The number of carbonyl (C=O) groups is 1. The van der Waals surface area contributed by atoms with Crippen LogP contribution in [0.25, 0.3) is 10.9 Å². The van der Waals surface area contributed by atoms with Crippen LogP contribution in [0.5, 0.6) is 23.0 Å². The lowest BCUT2D eigenvalue weighted by Crippen LogP contribution is -2.26. The lowest BCUT2D eigenvalue weighted by molar-refractivity contribution is 0.0780. The summed E-state index contributed by atoms with van der Waals surface area (Å²) in [7, 11) is 6.46. The van der Waals surface area contributed by atoms with Gasteiger partial charge in [-0.25, -0.2) is 0 Å². The van der Waals surface area contributed by atoms with Crippen molar-refractivity contribution in [3.63, 3.8) is 0 Å². The summed E-state index contributed by atoms with van der Waals surface area (Å²) in [5, 5.41) is 0.753. The molecular formula is C22H26N2O5. The Labute approximate surface area is 170 Å². The first-order valence-electron chi connectivity index (χ1n) is 9.31. The molecule has 7 heteroatoms. The quantitative estimate of drug-likeness (QED) is 0.624. The molecule has 3 rings (SSSR count).